The van der Waals surface area contributed by atoms with Crippen LogP contribution >= 0.6 is 0 Å². The zero-order valence-electron chi connectivity index (χ0n) is 20.6. The van der Waals surface area contributed by atoms with E-state index in [-0.39, 0.29) is 5.04 Å². The maximum Gasteiger partial charge on any atom is 0.261 e. The van der Waals surface area contributed by atoms with Crippen molar-refractivity contribution in [1.82, 2.24) is 0 Å². The molecule has 1 unspecified atom stereocenters. The molecule has 0 radical (unpaired) electrons. The van der Waals surface area contributed by atoms with Gasteiger partial charge in [-0.2, -0.15) is 0 Å². The third-order valence-electron chi connectivity index (χ3n) is 6.40. The predicted octanol–water partition coefficient (Wildman–Crippen LogP) is 5.07. The van der Waals surface area contributed by atoms with E-state index in [1.54, 1.807) is 0 Å². The first kappa shape index (κ1) is 25.1. The summed E-state index contributed by atoms with van der Waals surface area (Å²) in [5.74, 6) is 9.24. The highest BCUT2D eigenvalue weighted by Gasteiger charge is 2.50. The predicted molar refractivity (Wildman–Crippen MR) is 141 cm³/mol. The number of rotatable bonds is 6. The molecule has 0 spiro atoms. The molecule has 1 aliphatic carbocycles. The summed E-state index contributed by atoms with van der Waals surface area (Å²) in [7, 11) is -2.62. The van der Waals surface area contributed by atoms with Gasteiger partial charge in [-0.25, -0.2) is 0 Å². The maximum atomic E-state index is 10.9. The Morgan fingerprint density at radius 3 is 2.00 bits per heavy atom. The Balaban J connectivity index is 1.96. The highest BCUT2D eigenvalue weighted by Crippen LogP contribution is 2.38. The third kappa shape index (κ3) is 5.34. The molecule has 1 aliphatic rings. The van der Waals surface area contributed by atoms with Crippen molar-refractivity contribution >= 4 is 18.7 Å². The van der Waals surface area contributed by atoms with Crippen molar-refractivity contribution in [2.24, 2.45) is 5.41 Å². The lowest BCUT2D eigenvalue weighted by atomic mass is 9.90. The fraction of sp³-hybridized carbons (Fsp3) is 0.400. The Kier molecular flexibility index (Phi) is 7.40. The zero-order chi connectivity index (χ0) is 24.2. The monoisotopic (exact) mass is 456 g/mol. The van der Waals surface area contributed by atoms with Crippen LogP contribution in [0.5, 0.6) is 0 Å². The fourth-order valence-electron chi connectivity index (χ4n) is 4.62. The van der Waals surface area contributed by atoms with Gasteiger partial charge >= 0.3 is 0 Å². The standard InChI is InChI=1S/C30H36O2Si/c1-7-21-30(31)22-14-15-25(30)20-23-29(5,6)24-32-33(28(2,3)4,26-16-10-8-11-17-26)27-18-12-9-13-19-27/h1,8-13,15-19,31H,14,21-22,24H2,2-6H3. The van der Waals surface area contributed by atoms with Gasteiger partial charge in [-0.1, -0.05) is 99.4 Å². The van der Waals surface area contributed by atoms with Gasteiger partial charge in [-0.15, -0.1) is 12.3 Å². The van der Waals surface area contributed by atoms with E-state index >= 15 is 0 Å². The lowest BCUT2D eigenvalue weighted by Gasteiger charge is -2.44. The van der Waals surface area contributed by atoms with Crippen molar-refractivity contribution in [1.29, 1.82) is 0 Å². The van der Waals surface area contributed by atoms with Crippen molar-refractivity contribution in [2.75, 3.05) is 6.61 Å². The summed E-state index contributed by atoms with van der Waals surface area (Å²) in [6, 6.07) is 21.3. The molecule has 1 atom stereocenters. The van der Waals surface area contributed by atoms with Gasteiger partial charge in [0.2, 0.25) is 0 Å². The molecule has 0 bridgehead atoms. The van der Waals surface area contributed by atoms with Crippen LogP contribution in [0.3, 0.4) is 0 Å². The van der Waals surface area contributed by atoms with Gasteiger partial charge in [0.05, 0.1) is 6.61 Å². The second kappa shape index (κ2) is 9.74. The minimum absolute atomic E-state index is 0.0831. The van der Waals surface area contributed by atoms with E-state index in [4.69, 9.17) is 10.8 Å². The van der Waals surface area contributed by atoms with Gasteiger partial charge in [0.1, 0.15) is 5.60 Å². The second-order valence-corrected chi connectivity index (χ2v) is 15.0. The molecule has 2 aromatic rings. The summed E-state index contributed by atoms with van der Waals surface area (Å²) in [5, 5.41) is 13.3. The third-order valence-corrected chi connectivity index (χ3v) is 11.4. The van der Waals surface area contributed by atoms with Crippen molar-refractivity contribution in [3.63, 3.8) is 0 Å². The highest BCUT2D eigenvalue weighted by molar-refractivity contribution is 6.99. The van der Waals surface area contributed by atoms with Crippen LogP contribution in [0.4, 0.5) is 0 Å². The first-order chi connectivity index (χ1) is 15.5. The quantitative estimate of drug-likeness (QED) is 0.486. The highest BCUT2D eigenvalue weighted by atomic mass is 28.4. The Labute approximate surface area is 201 Å². The summed E-state index contributed by atoms with van der Waals surface area (Å²) in [5.41, 5.74) is -0.636. The average Bonchev–Trinajstić information content (AvgIpc) is 3.13. The van der Waals surface area contributed by atoms with Crippen LogP contribution in [0.1, 0.15) is 53.9 Å². The molecule has 3 heteroatoms. The van der Waals surface area contributed by atoms with Crippen LogP contribution in [0.25, 0.3) is 0 Å². The number of allylic oxidation sites excluding steroid dienone is 1. The molecule has 0 aliphatic heterocycles. The smallest absolute Gasteiger partial charge is 0.261 e. The van der Waals surface area contributed by atoms with Crippen LogP contribution in [0.15, 0.2) is 72.3 Å². The van der Waals surface area contributed by atoms with Crippen LogP contribution < -0.4 is 10.4 Å². The number of benzene rings is 2. The molecule has 33 heavy (non-hydrogen) atoms. The van der Waals surface area contributed by atoms with Gasteiger partial charge in [-0.05, 0) is 42.1 Å². The molecule has 3 rings (SSSR count). The van der Waals surface area contributed by atoms with Crippen molar-refractivity contribution in [3.8, 4) is 24.2 Å². The molecule has 0 aromatic heterocycles. The minimum atomic E-state index is -2.62. The van der Waals surface area contributed by atoms with Crippen LogP contribution in [-0.4, -0.2) is 25.6 Å². The van der Waals surface area contributed by atoms with Gasteiger partial charge < -0.3 is 9.53 Å². The molecule has 0 fully saturated rings. The van der Waals surface area contributed by atoms with E-state index in [2.05, 4.69) is 113 Å². The molecular formula is C30H36O2Si. The minimum Gasteiger partial charge on any atom is -0.406 e. The summed E-state index contributed by atoms with van der Waals surface area (Å²) in [6.45, 7) is 11.5. The van der Waals surface area contributed by atoms with Gasteiger partial charge in [0.25, 0.3) is 8.32 Å². The first-order valence-electron chi connectivity index (χ1n) is 11.7. The molecular weight excluding hydrogens is 420 g/mol. The molecule has 2 aromatic carbocycles. The van der Waals surface area contributed by atoms with E-state index in [0.29, 0.717) is 19.4 Å². The van der Waals surface area contributed by atoms with E-state index in [1.165, 1.54) is 10.4 Å². The molecule has 0 amide bonds. The Bertz CT molecular complexity index is 1040. The van der Waals surface area contributed by atoms with Crippen molar-refractivity contribution in [3.05, 3.63) is 72.3 Å². The van der Waals surface area contributed by atoms with E-state index in [1.807, 2.05) is 6.08 Å². The number of aliphatic hydroxyl groups is 1. The van der Waals surface area contributed by atoms with Gasteiger partial charge in [-0.3, -0.25) is 0 Å². The number of terminal acetylenes is 1. The summed E-state index contributed by atoms with van der Waals surface area (Å²) in [6.07, 6.45) is 9.24. The van der Waals surface area contributed by atoms with Crippen LogP contribution in [0, 0.1) is 29.6 Å². The number of hydrogen-bond acceptors (Lipinski definition) is 2. The summed E-state index contributed by atoms with van der Waals surface area (Å²) >= 11 is 0. The van der Waals surface area contributed by atoms with E-state index in [0.717, 1.165) is 12.0 Å². The average molecular weight is 457 g/mol. The summed E-state index contributed by atoms with van der Waals surface area (Å²) in [4.78, 5) is 0. The van der Waals surface area contributed by atoms with E-state index < -0.39 is 19.3 Å². The second-order valence-electron chi connectivity index (χ2n) is 10.7. The fourth-order valence-corrected chi connectivity index (χ4v) is 9.36. The van der Waals surface area contributed by atoms with Crippen molar-refractivity contribution < 1.29 is 9.53 Å². The molecule has 0 saturated carbocycles. The lowest BCUT2D eigenvalue weighted by Crippen LogP contribution is -2.67. The molecule has 172 valence electrons. The van der Waals surface area contributed by atoms with Gasteiger partial charge in [0, 0.05) is 17.4 Å². The van der Waals surface area contributed by atoms with Crippen LogP contribution in [0.2, 0.25) is 5.04 Å². The number of hydrogen-bond donors (Lipinski definition) is 1. The molecule has 0 heterocycles. The Hall–Kier alpha value is -2.56. The zero-order valence-corrected chi connectivity index (χ0v) is 21.6. The first-order valence-corrected chi connectivity index (χ1v) is 13.6. The molecule has 2 nitrogen and oxygen atoms in total. The topological polar surface area (TPSA) is 29.5 Å². The van der Waals surface area contributed by atoms with Crippen LogP contribution in [-0.2, 0) is 4.43 Å². The lowest BCUT2D eigenvalue weighted by molar-refractivity contribution is 0.0893. The Morgan fingerprint density at radius 1 is 0.970 bits per heavy atom. The van der Waals surface area contributed by atoms with Crippen molar-refractivity contribution in [2.45, 2.75) is 64.5 Å². The summed E-state index contributed by atoms with van der Waals surface area (Å²) < 4.78 is 7.07. The Morgan fingerprint density at radius 2 is 1.52 bits per heavy atom. The molecule has 1 N–H and O–H groups in total. The maximum absolute atomic E-state index is 10.9. The normalized spacial score (nSPS) is 18.8. The molecule has 0 saturated heterocycles. The largest absolute Gasteiger partial charge is 0.406 e. The SMILES string of the molecule is C#CCC1(O)CCC=C1C#CC(C)(C)CO[Si](c1ccccc1)(c1ccccc1)C(C)(C)C. The van der Waals surface area contributed by atoms with Gasteiger partial charge in [0.15, 0.2) is 0 Å². The van der Waals surface area contributed by atoms with E-state index in [9.17, 15) is 5.11 Å².